The Labute approximate surface area is 189 Å². The second kappa shape index (κ2) is 8.19. The standard InChI is InChI=1S/C23H23BrN4O3/c1-23(2,3)31-22(30)28-12-11-16-18(21(28)29)20(26-15-7-5-4-6-8-15)19(27-16)17-10-9-14(24)13-25-17/h4-10,13,26-27H,11-12H2,1-3H3. The highest BCUT2D eigenvalue weighted by Gasteiger charge is 2.37. The Kier molecular flexibility index (Phi) is 5.58. The topological polar surface area (TPSA) is 87.3 Å². The number of para-hydroxylation sites is 1. The van der Waals surface area contributed by atoms with Crippen LogP contribution in [0.15, 0.2) is 53.1 Å². The number of hydrogen-bond acceptors (Lipinski definition) is 5. The van der Waals surface area contributed by atoms with E-state index in [1.54, 1.807) is 27.0 Å². The van der Waals surface area contributed by atoms with Crippen LogP contribution in [0.3, 0.4) is 0 Å². The lowest BCUT2D eigenvalue weighted by Crippen LogP contribution is -2.44. The molecule has 0 bridgehead atoms. The van der Waals surface area contributed by atoms with Gasteiger partial charge in [0.15, 0.2) is 0 Å². The number of carbonyl (C=O) groups is 2. The first-order chi connectivity index (χ1) is 14.7. The van der Waals surface area contributed by atoms with E-state index < -0.39 is 17.6 Å². The van der Waals surface area contributed by atoms with Crippen LogP contribution in [-0.4, -0.2) is 39.0 Å². The molecule has 31 heavy (non-hydrogen) atoms. The van der Waals surface area contributed by atoms with E-state index in [4.69, 9.17) is 4.74 Å². The number of aromatic amines is 1. The molecule has 2 N–H and O–H groups in total. The quantitative estimate of drug-likeness (QED) is 0.513. The maximum atomic E-state index is 13.4. The van der Waals surface area contributed by atoms with Gasteiger partial charge in [0.25, 0.3) is 5.91 Å². The van der Waals surface area contributed by atoms with E-state index in [2.05, 4.69) is 31.2 Å². The Morgan fingerprint density at radius 3 is 2.58 bits per heavy atom. The number of imide groups is 1. The zero-order chi connectivity index (χ0) is 22.2. The predicted octanol–water partition coefficient (Wildman–Crippen LogP) is 5.52. The molecule has 1 aliphatic rings. The summed E-state index contributed by atoms with van der Waals surface area (Å²) in [5.74, 6) is -0.395. The number of aromatic nitrogens is 2. The molecule has 1 aliphatic heterocycles. The Hall–Kier alpha value is -3.13. The van der Waals surface area contributed by atoms with Crippen LogP contribution in [0.4, 0.5) is 16.2 Å². The Bertz CT molecular complexity index is 1120. The van der Waals surface area contributed by atoms with Crippen LogP contribution in [0.25, 0.3) is 11.4 Å². The monoisotopic (exact) mass is 482 g/mol. The maximum Gasteiger partial charge on any atom is 0.417 e. The lowest BCUT2D eigenvalue weighted by atomic mass is 10.0. The van der Waals surface area contributed by atoms with Crippen molar-refractivity contribution < 1.29 is 14.3 Å². The molecule has 0 unspecified atom stereocenters. The van der Waals surface area contributed by atoms with Gasteiger partial charge in [0.05, 0.1) is 22.6 Å². The minimum Gasteiger partial charge on any atom is -0.443 e. The first-order valence-corrected chi connectivity index (χ1v) is 10.8. The molecule has 0 atom stereocenters. The fourth-order valence-corrected chi connectivity index (χ4v) is 3.67. The zero-order valence-corrected chi connectivity index (χ0v) is 19.1. The molecule has 0 spiro atoms. The van der Waals surface area contributed by atoms with E-state index >= 15 is 0 Å². The first-order valence-electron chi connectivity index (χ1n) is 9.96. The predicted molar refractivity (Wildman–Crippen MR) is 122 cm³/mol. The number of rotatable bonds is 3. The molecule has 1 aromatic carbocycles. The molecule has 3 aromatic rings. The average Bonchev–Trinajstić information content (AvgIpc) is 3.07. The summed E-state index contributed by atoms with van der Waals surface area (Å²) in [5.41, 5.74) is 3.31. The van der Waals surface area contributed by atoms with Crippen LogP contribution in [0, 0.1) is 0 Å². The zero-order valence-electron chi connectivity index (χ0n) is 17.5. The third-order valence-electron chi connectivity index (χ3n) is 4.76. The van der Waals surface area contributed by atoms with E-state index in [-0.39, 0.29) is 6.54 Å². The highest BCUT2D eigenvalue weighted by molar-refractivity contribution is 9.10. The number of halogens is 1. The SMILES string of the molecule is CC(C)(C)OC(=O)N1CCc2[nH]c(-c3ccc(Br)cn3)c(Nc3ccccc3)c2C1=O. The van der Waals surface area contributed by atoms with Gasteiger partial charge in [-0.05, 0) is 61.0 Å². The summed E-state index contributed by atoms with van der Waals surface area (Å²) in [6, 6.07) is 13.3. The van der Waals surface area contributed by atoms with Gasteiger partial charge < -0.3 is 15.0 Å². The van der Waals surface area contributed by atoms with E-state index in [0.29, 0.717) is 29.1 Å². The molecular formula is C23H23BrN4O3. The molecule has 7 nitrogen and oxygen atoms in total. The lowest BCUT2D eigenvalue weighted by molar-refractivity contribution is 0.0233. The van der Waals surface area contributed by atoms with Crippen LogP contribution in [0.1, 0.15) is 36.8 Å². The van der Waals surface area contributed by atoms with Crippen molar-refractivity contribution in [2.45, 2.75) is 32.8 Å². The first kappa shape index (κ1) is 21.1. The highest BCUT2D eigenvalue weighted by Crippen LogP contribution is 2.37. The van der Waals surface area contributed by atoms with Gasteiger partial charge in [-0.25, -0.2) is 9.69 Å². The van der Waals surface area contributed by atoms with Crippen molar-refractivity contribution in [2.75, 3.05) is 11.9 Å². The van der Waals surface area contributed by atoms with E-state index in [9.17, 15) is 9.59 Å². The van der Waals surface area contributed by atoms with Crippen molar-refractivity contribution in [3.8, 4) is 11.4 Å². The van der Waals surface area contributed by atoms with Crippen LogP contribution in [0.5, 0.6) is 0 Å². The molecule has 160 valence electrons. The van der Waals surface area contributed by atoms with Gasteiger partial charge in [0.2, 0.25) is 0 Å². The molecular weight excluding hydrogens is 460 g/mol. The van der Waals surface area contributed by atoms with Gasteiger partial charge in [-0.3, -0.25) is 9.78 Å². The summed E-state index contributed by atoms with van der Waals surface area (Å²) in [6.07, 6.45) is 1.56. The number of anilines is 2. The minimum absolute atomic E-state index is 0.249. The molecule has 0 fully saturated rings. The molecule has 8 heteroatoms. The smallest absolute Gasteiger partial charge is 0.417 e. The number of nitrogens with one attached hydrogen (secondary N) is 2. The van der Waals surface area contributed by atoms with Crippen LogP contribution in [-0.2, 0) is 11.2 Å². The summed E-state index contributed by atoms with van der Waals surface area (Å²) >= 11 is 3.40. The van der Waals surface area contributed by atoms with E-state index in [0.717, 1.165) is 20.8 Å². The molecule has 3 heterocycles. The summed E-state index contributed by atoms with van der Waals surface area (Å²) < 4.78 is 6.30. The number of carbonyl (C=O) groups excluding carboxylic acids is 2. The fourth-order valence-electron chi connectivity index (χ4n) is 3.43. The van der Waals surface area contributed by atoms with Gasteiger partial charge >= 0.3 is 6.09 Å². The molecule has 0 saturated heterocycles. The van der Waals surface area contributed by atoms with E-state index in [1.165, 1.54) is 0 Å². The Morgan fingerprint density at radius 2 is 1.94 bits per heavy atom. The Morgan fingerprint density at radius 1 is 1.19 bits per heavy atom. The highest BCUT2D eigenvalue weighted by atomic mass is 79.9. The van der Waals surface area contributed by atoms with Crippen molar-refractivity contribution in [1.82, 2.24) is 14.9 Å². The summed E-state index contributed by atoms with van der Waals surface area (Å²) in [7, 11) is 0. The van der Waals surface area contributed by atoms with Crippen molar-refractivity contribution in [2.24, 2.45) is 0 Å². The van der Waals surface area contributed by atoms with Gasteiger partial charge in [-0.1, -0.05) is 18.2 Å². The largest absolute Gasteiger partial charge is 0.443 e. The molecule has 0 saturated carbocycles. The van der Waals surface area contributed by atoms with Crippen LogP contribution >= 0.6 is 15.9 Å². The van der Waals surface area contributed by atoms with Crippen molar-refractivity contribution >= 4 is 39.3 Å². The maximum absolute atomic E-state index is 13.4. The average molecular weight is 483 g/mol. The number of fused-ring (bicyclic) bond motifs is 1. The molecule has 2 aromatic heterocycles. The number of ether oxygens (including phenoxy) is 1. The van der Waals surface area contributed by atoms with Gasteiger partial charge in [-0.15, -0.1) is 0 Å². The molecule has 2 amide bonds. The van der Waals surface area contributed by atoms with Gasteiger partial charge in [0.1, 0.15) is 5.60 Å². The summed E-state index contributed by atoms with van der Waals surface area (Å²) in [5, 5.41) is 3.35. The van der Waals surface area contributed by atoms with E-state index in [1.807, 2.05) is 42.5 Å². The van der Waals surface area contributed by atoms with Gasteiger partial charge in [0, 0.05) is 35.0 Å². The number of amides is 2. The van der Waals surface area contributed by atoms with Crippen LogP contribution in [0.2, 0.25) is 0 Å². The van der Waals surface area contributed by atoms with Crippen molar-refractivity contribution in [3.05, 3.63) is 64.4 Å². The second-order valence-corrected chi connectivity index (χ2v) is 9.18. The normalized spacial score (nSPS) is 13.7. The molecule has 0 aliphatic carbocycles. The number of hydrogen-bond donors (Lipinski definition) is 2. The summed E-state index contributed by atoms with van der Waals surface area (Å²) in [6.45, 7) is 5.58. The summed E-state index contributed by atoms with van der Waals surface area (Å²) in [4.78, 5) is 35.1. The number of benzene rings is 1. The number of nitrogens with zero attached hydrogens (tertiary/aromatic N) is 2. The van der Waals surface area contributed by atoms with Crippen molar-refractivity contribution in [3.63, 3.8) is 0 Å². The fraction of sp³-hybridized carbons (Fsp3) is 0.261. The molecule has 4 rings (SSSR count). The number of H-pyrrole nitrogens is 1. The third kappa shape index (κ3) is 4.49. The van der Waals surface area contributed by atoms with Crippen LogP contribution < -0.4 is 5.32 Å². The Balaban J connectivity index is 1.78. The van der Waals surface area contributed by atoms with Crippen molar-refractivity contribution in [1.29, 1.82) is 0 Å². The second-order valence-electron chi connectivity index (χ2n) is 8.27. The minimum atomic E-state index is -0.687. The van der Waals surface area contributed by atoms with Gasteiger partial charge in [-0.2, -0.15) is 0 Å². The molecule has 0 radical (unpaired) electrons. The third-order valence-corrected chi connectivity index (χ3v) is 5.23. The lowest BCUT2D eigenvalue weighted by Gasteiger charge is -2.29. The number of pyridine rings is 1.